The van der Waals surface area contributed by atoms with Gasteiger partial charge >= 0.3 is 0 Å². The number of rotatable bonds is 7. The van der Waals surface area contributed by atoms with E-state index >= 15 is 0 Å². The fraction of sp³-hybridized carbons (Fsp3) is 0.174. The molecule has 0 fully saturated rings. The number of nitrogens with zero attached hydrogens (tertiary/aromatic N) is 1. The van der Waals surface area contributed by atoms with Gasteiger partial charge < -0.3 is 15.2 Å². The van der Waals surface area contributed by atoms with Gasteiger partial charge in [0.2, 0.25) is 5.91 Å². The molecule has 0 aliphatic heterocycles. The summed E-state index contributed by atoms with van der Waals surface area (Å²) in [6.45, 7) is 5.37. The summed E-state index contributed by atoms with van der Waals surface area (Å²) in [6.07, 6.45) is 1.23. The minimum Gasteiger partial charge on any atom is -0.588 e. The molecule has 2 aromatic carbocycles. The normalized spacial score (nSPS) is 11.7. The number of benzene rings is 2. The molecule has 3 rings (SSSR count). The summed E-state index contributed by atoms with van der Waals surface area (Å²) in [5.74, 6) is -3.07. The van der Waals surface area contributed by atoms with Crippen LogP contribution in [0.25, 0.3) is 0 Å². The largest absolute Gasteiger partial charge is 0.588 e. The second-order valence-corrected chi connectivity index (χ2v) is 8.66. The predicted octanol–water partition coefficient (Wildman–Crippen LogP) is 4.83. The zero-order valence-corrected chi connectivity index (χ0v) is 18.9. The Morgan fingerprint density at radius 2 is 1.70 bits per heavy atom. The summed E-state index contributed by atoms with van der Waals surface area (Å²) in [4.78, 5) is 27.9. The highest BCUT2D eigenvalue weighted by Gasteiger charge is 2.24. The van der Waals surface area contributed by atoms with Crippen molar-refractivity contribution in [2.45, 2.75) is 31.6 Å². The van der Waals surface area contributed by atoms with Crippen molar-refractivity contribution in [3.63, 3.8) is 0 Å². The van der Waals surface area contributed by atoms with E-state index in [9.17, 15) is 22.9 Å². The van der Waals surface area contributed by atoms with Gasteiger partial charge in [-0.05, 0) is 47.9 Å². The lowest BCUT2D eigenvalue weighted by Gasteiger charge is -2.15. The van der Waals surface area contributed by atoms with Crippen LogP contribution < -0.4 is 15.4 Å². The van der Waals surface area contributed by atoms with Crippen molar-refractivity contribution in [3.8, 4) is 0 Å². The first-order chi connectivity index (χ1) is 15.7. The molecule has 0 bridgehead atoms. The number of anilines is 3. The molecule has 1 unspecified atom stereocenters. The lowest BCUT2D eigenvalue weighted by molar-refractivity contribution is -0.114. The SMILES string of the molecule is CC(=O)Nc1ccc(NC(=O)c2c(F)ccc(N[S+]([O-])c3ccc(C(C)C)cc3)c2F)cn1. The lowest BCUT2D eigenvalue weighted by Crippen LogP contribution is -2.19. The fourth-order valence-corrected chi connectivity index (χ4v) is 3.75. The molecular weight excluding hydrogens is 450 g/mol. The monoisotopic (exact) mass is 472 g/mol. The van der Waals surface area contributed by atoms with Crippen molar-refractivity contribution in [1.29, 1.82) is 0 Å². The Morgan fingerprint density at radius 3 is 2.27 bits per heavy atom. The van der Waals surface area contributed by atoms with Crippen LogP contribution in [-0.2, 0) is 16.2 Å². The molecule has 0 saturated carbocycles. The van der Waals surface area contributed by atoms with Crippen molar-refractivity contribution in [2.24, 2.45) is 0 Å². The molecule has 7 nitrogen and oxygen atoms in total. The summed E-state index contributed by atoms with van der Waals surface area (Å²) in [7, 11) is 0. The average Bonchev–Trinajstić information content (AvgIpc) is 2.77. The van der Waals surface area contributed by atoms with Crippen molar-refractivity contribution >= 4 is 40.4 Å². The maximum atomic E-state index is 15.0. The number of amides is 2. The average molecular weight is 473 g/mol. The molecule has 33 heavy (non-hydrogen) atoms. The number of nitrogens with one attached hydrogen (secondary N) is 3. The molecule has 1 heterocycles. The van der Waals surface area contributed by atoms with Gasteiger partial charge in [-0.1, -0.05) is 26.0 Å². The summed E-state index contributed by atoms with van der Waals surface area (Å²) >= 11 is -1.83. The first-order valence-corrected chi connectivity index (χ1v) is 11.1. The van der Waals surface area contributed by atoms with Gasteiger partial charge in [0.05, 0.1) is 11.9 Å². The molecule has 3 aromatic rings. The molecule has 0 spiro atoms. The smallest absolute Gasteiger partial charge is 0.261 e. The molecule has 0 aliphatic rings. The maximum Gasteiger partial charge on any atom is 0.261 e. The van der Waals surface area contributed by atoms with Crippen molar-refractivity contribution in [2.75, 3.05) is 15.4 Å². The molecule has 1 atom stereocenters. The summed E-state index contributed by atoms with van der Waals surface area (Å²) in [5.41, 5.74) is 0.104. The molecule has 0 saturated heterocycles. The van der Waals surface area contributed by atoms with Gasteiger partial charge in [-0.25, -0.2) is 18.5 Å². The van der Waals surface area contributed by atoms with Gasteiger partial charge in [0.25, 0.3) is 5.91 Å². The Hall–Kier alpha value is -3.50. The van der Waals surface area contributed by atoms with Gasteiger partial charge in [0, 0.05) is 6.92 Å². The van der Waals surface area contributed by atoms with Crippen LogP contribution in [0.4, 0.5) is 26.0 Å². The van der Waals surface area contributed by atoms with Crippen LogP contribution in [0.1, 0.15) is 42.6 Å². The van der Waals surface area contributed by atoms with Gasteiger partial charge in [-0.2, -0.15) is 0 Å². The zero-order chi connectivity index (χ0) is 24.1. The maximum absolute atomic E-state index is 15.0. The second-order valence-electron chi connectivity index (χ2n) is 7.45. The van der Waals surface area contributed by atoms with E-state index in [1.807, 2.05) is 26.0 Å². The number of carbonyl (C=O) groups excluding carboxylic acids is 2. The van der Waals surface area contributed by atoms with E-state index in [0.29, 0.717) is 10.8 Å². The highest BCUT2D eigenvalue weighted by atomic mass is 32.2. The first-order valence-electron chi connectivity index (χ1n) is 9.97. The van der Waals surface area contributed by atoms with Gasteiger partial charge in [0.15, 0.2) is 10.7 Å². The van der Waals surface area contributed by atoms with Crippen LogP contribution in [0, 0.1) is 11.6 Å². The van der Waals surface area contributed by atoms with E-state index in [0.717, 1.165) is 17.7 Å². The molecule has 1 aromatic heterocycles. The molecule has 0 radical (unpaired) electrons. The molecule has 3 N–H and O–H groups in total. The fourth-order valence-electron chi connectivity index (χ4n) is 2.89. The van der Waals surface area contributed by atoms with Crippen LogP contribution >= 0.6 is 0 Å². The van der Waals surface area contributed by atoms with E-state index in [4.69, 9.17) is 0 Å². The third-order valence-corrected chi connectivity index (χ3v) is 5.71. The molecule has 0 aliphatic carbocycles. The third-order valence-electron chi connectivity index (χ3n) is 4.61. The topological polar surface area (TPSA) is 106 Å². The van der Waals surface area contributed by atoms with Crippen LogP contribution in [-0.4, -0.2) is 21.4 Å². The first kappa shape index (κ1) is 24.1. The Labute approximate surface area is 192 Å². The molecule has 172 valence electrons. The summed E-state index contributed by atoms with van der Waals surface area (Å²) in [5, 5.41) is 4.81. The third kappa shape index (κ3) is 6.05. The molecule has 2 amide bonds. The quantitative estimate of drug-likeness (QED) is 0.427. The number of carbonyl (C=O) groups is 2. The zero-order valence-electron chi connectivity index (χ0n) is 18.1. The highest BCUT2D eigenvalue weighted by Crippen LogP contribution is 2.26. The minimum absolute atomic E-state index is 0.167. The lowest BCUT2D eigenvalue weighted by atomic mass is 10.0. The number of hydrogen-bond donors (Lipinski definition) is 3. The predicted molar refractivity (Wildman–Crippen MR) is 123 cm³/mol. The van der Waals surface area contributed by atoms with Gasteiger partial charge in [0.1, 0.15) is 34.2 Å². The van der Waals surface area contributed by atoms with Crippen LogP contribution in [0.3, 0.4) is 0 Å². The number of halogens is 2. The Morgan fingerprint density at radius 1 is 1.00 bits per heavy atom. The Bertz CT molecular complexity index is 1160. The van der Waals surface area contributed by atoms with E-state index in [-0.39, 0.29) is 23.1 Å². The highest BCUT2D eigenvalue weighted by molar-refractivity contribution is 7.92. The van der Waals surface area contributed by atoms with Gasteiger partial charge in [-0.3, -0.25) is 9.59 Å². The van der Waals surface area contributed by atoms with E-state index < -0.39 is 34.5 Å². The number of hydrogen-bond acceptors (Lipinski definition) is 5. The standard InChI is InChI=1S/C23H22F2N4O3S/c1-13(2)15-4-7-17(8-5-15)33(32)29-19-10-9-18(24)21(22(19)25)23(31)28-16-6-11-20(26-12-16)27-14(3)30/h4-13,29H,1-3H3,(H,28,31)(H,26,27,30). The van der Waals surface area contributed by atoms with E-state index in [2.05, 4.69) is 20.3 Å². The van der Waals surface area contributed by atoms with E-state index in [1.54, 1.807) is 12.1 Å². The number of aromatic nitrogens is 1. The van der Waals surface area contributed by atoms with Crippen molar-refractivity contribution in [1.82, 2.24) is 4.98 Å². The summed E-state index contributed by atoms with van der Waals surface area (Å²) in [6, 6.07) is 11.8. The minimum atomic E-state index is -1.83. The number of pyridine rings is 1. The van der Waals surface area contributed by atoms with Crippen LogP contribution in [0.5, 0.6) is 0 Å². The Balaban J connectivity index is 1.77. The van der Waals surface area contributed by atoms with Crippen molar-refractivity contribution < 1.29 is 22.9 Å². The van der Waals surface area contributed by atoms with Crippen LogP contribution in [0.2, 0.25) is 0 Å². The van der Waals surface area contributed by atoms with E-state index in [1.165, 1.54) is 25.3 Å². The molecule has 10 heteroatoms. The van der Waals surface area contributed by atoms with Crippen molar-refractivity contribution in [3.05, 3.63) is 77.5 Å². The second kappa shape index (κ2) is 10.4. The Kier molecular flexibility index (Phi) is 7.62. The molecular formula is C23H22F2N4O3S. The van der Waals surface area contributed by atoms with Crippen LogP contribution in [0.15, 0.2) is 59.6 Å². The van der Waals surface area contributed by atoms with Gasteiger partial charge in [-0.15, -0.1) is 0 Å². The summed E-state index contributed by atoms with van der Waals surface area (Å²) < 4.78 is 44.4.